The van der Waals surface area contributed by atoms with Crippen molar-refractivity contribution in [3.05, 3.63) is 5.82 Å². The van der Waals surface area contributed by atoms with E-state index in [9.17, 15) is 13.2 Å². The summed E-state index contributed by atoms with van der Waals surface area (Å²) in [7, 11) is -3.59. The lowest BCUT2D eigenvalue weighted by molar-refractivity contribution is -0.119. The Balaban J connectivity index is 1.92. The average molecular weight is 343 g/mol. The SMILES string of the molecule is CCCn1nnnc1CS(=O)(=O)CC(=O)N[C@@H]1CCCC[C@@H]1C. The second-order valence-corrected chi connectivity index (χ2v) is 8.35. The summed E-state index contributed by atoms with van der Waals surface area (Å²) in [6.07, 6.45) is 5.04. The van der Waals surface area contributed by atoms with E-state index in [4.69, 9.17) is 0 Å². The van der Waals surface area contributed by atoms with Crippen molar-refractivity contribution in [3.63, 3.8) is 0 Å². The zero-order valence-electron chi connectivity index (χ0n) is 13.7. The van der Waals surface area contributed by atoms with E-state index >= 15 is 0 Å². The summed E-state index contributed by atoms with van der Waals surface area (Å²) in [6.45, 7) is 4.61. The molecule has 0 radical (unpaired) electrons. The molecule has 2 atom stereocenters. The Morgan fingerprint density at radius 1 is 1.35 bits per heavy atom. The number of carbonyl (C=O) groups excluding carboxylic acids is 1. The number of hydrogen-bond donors (Lipinski definition) is 1. The highest BCUT2D eigenvalue weighted by atomic mass is 32.2. The number of aryl methyl sites for hydroxylation is 1. The van der Waals surface area contributed by atoms with Crippen LogP contribution in [0.4, 0.5) is 0 Å². The maximum Gasteiger partial charge on any atom is 0.235 e. The molecule has 23 heavy (non-hydrogen) atoms. The molecule has 1 amide bonds. The fraction of sp³-hybridized carbons (Fsp3) is 0.857. The molecule has 0 unspecified atom stereocenters. The molecule has 0 aliphatic heterocycles. The average Bonchev–Trinajstić information content (AvgIpc) is 2.87. The van der Waals surface area contributed by atoms with E-state index in [1.54, 1.807) is 0 Å². The molecule has 1 fully saturated rings. The number of aromatic nitrogens is 4. The highest BCUT2D eigenvalue weighted by Crippen LogP contribution is 2.23. The number of rotatable bonds is 7. The molecule has 1 N–H and O–H groups in total. The summed E-state index contributed by atoms with van der Waals surface area (Å²) in [5.41, 5.74) is 0. The van der Waals surface area contributed by atoms with Crippen molar-refractivity contribution in [3.8, 4) is 0 Å². The Morgan fingerprint density at radius 3 is 2.78 bits per heavy atom. The van der Waals surface area contributed by atoms with Crippen LogP contribution in [0.15, 0.2) is 0 Å². The van der Waals surface area contributed by atoms with Crippen LogP contribution in [0.5, 0.6) is 0 Å². The fourth-order valence-corrected chi connectivity index (χ4v) is 4.12. The minimum absolute atomic E-state index is 0.0804. The van der Waals surface area contributed by atoms with Gasteiger partial charge in [-0.3, -0.25) is 4.79 Å². The molecule has 1 heterocycles. The molecular formula is C14H25N5O3S. The van der Waals surface area contributed by atoms with Crippen LogP contribution in [-0.4, -0.2) is 46.3 Å². The second-order valence-electron chi connectivity index (χ2n) is 6.29. The Kier molecular flexibility index (Phi) is 6.09. The van der Waals surface area contributed by atoms with Crippen molar-refractivity contribution in [2.24, 2.45) is 5.92 Å². The van der Waals surface area contributed by atoms with Gasteiger partial charge in [0.05, 0.1) is 0 Å². The zero-order chi connectivity index (χ0) is 16.9. The zero-order valence-corrected chi connectivity index (χ0v) is 14.5. The lowest BCUT2D eigenvalue weighted by Gasteiger charge is -2.29. The van der Waals surface area contributed by atoms with Crippen LogP contribution in [0.2, 0.25) is 0 Å². The van der Waals surface area contributed by atoms with E-state index in [0.29, 0.717) is 12.5 Å². The normalized spacial score (nSPS) is 22.0. The van der Waals surface area contributed by atoms with Crippen molar-refractivity contribution in [1.82, 2.24) is 25.5 Å². The van der Waals surface area contributed by atoms with Gasteiger partial charge < -0.3 is 5.32 Å². The van der Waals surface area contributed by atoms with Gasteiger partial charge in [-0.2, -0.15) is 0 Å². The molecule has 8 nitrogen and oxygen atoms in total. The van der Waals surface area contributed by atoms with Gasteiger partial charge in [0.2, 0.25) is 5.91 Å². The van der Waals surface area contributed by atoms with Crippen molar-refractivity contribution < 1.29 is 13.2 Å². The Morgan fingerprint density at radius 2 is 2.09 bits per heavy atom. The molecule has 1 aliphatic rings. The first kappa shape index (κ1) is 17.8. The largest absolute Gasteiger partial charge is 0.352 e. The van der Waals surface area contributed by atoms with Crippen molar-refractivity contribution >= 4 is 15.7 Å². The van der Waals surface area contributed by atoms with Crippen LogP contribution < -0.4 is 5.32 Å². The molecule has 0 aromatic carbocycles. The van der Waals surface area contributed by atoms with Crippen LogP contribution in [0.3, 0.4) is 0 Å². The summed E-state index contributed by atoms with van der Waals surface area (Å²) in [6, 6.07) is 0.0804. The minimum Gasteiger partial charge on any atom is -0.352 e. The van der Waals surface area contributed by atoms with Crippen molar-refractivity contribution in [2.45, 2.75) is 64.3 Å². The molecule has 130 valence electrons. The third-order valence-electron chi connectivity index (χ3n) is 4.20. The summed E-state index contributed by atoms with van der Waals surface area (Å²) >= 11 is 0. The summed E-state index contributed by atoms with van der Waals surface area (Å²) < 4.78 is 25.9. The van der Waals surface area contributed by atoms with Crippen molar-refractivity contribution in [2.75, 3.05) is 5.75 Å². The minimum atomic E-state index is -3.59. The maximum atomic E-state index is 12.2. The molecule has 0 spiro atoms. The number of nitrogens with one attached hydrogen (secondary N) is 1. The number of hydrogen-bond acceptors (Lipinski definition) is 6. The molecule has 1 aliphatic carbocycles. The third kappa shape index (κ3) is 5.26. The highest BCUT2D eigenvalue weighted by Gasteiger charge is 2.26. The van der Waals surface area contributed by atoms with Crippen LogP contribution in [0.1, 0.15) is 51.8 Å². The summed E-state index contributed by atoms with van der Waals surface area (Å²) in [5, 5.41) is 13.9. The fourth-order valence-electron chi connectivity index (χ4n) is 2.94. The Labute approximate surface area is 136 Å². The highest BCUT2D eigenvalue weighted by molar-refractivity contribution is 7.91. The molecule has 9 heteroatoms. The first-order valence-corrected chi connectivity index (χ1v) is 9.98. The Hall–Kier alpha value is -1.51. The van der Waals surface area contributed by atoms with Gasteiger partial charge in [0.25, 0.3) is 0 Å². The van der Waals surface area contributed by atoms with Gasteiger partial charge in [0.15, 0.2) is 15.7 Å². The molecule has 0 saturated heterocycles. The first-order valence-electron chi connectivity index (χ1n) is 8.16. The number of amides is 1. The van der Waals surface area contributed by atoms with Crippen LogP contribution in [0.25, 0.3) is 0 Å². The molecule has 1 saturated carbocycles. The molecule has 1 aromatic rings. The molecule has 1 aromatic heterocycles. The van der Waals surface area contributed by atoms with Gasteiger partial charge in [0.1, 0.15) is 11.5 Å². The van der Waals surface area contributed by atoms with Gasteiger partial charge in [-0.1, -0.05) is 26.7 Å². The number of tetrazole rings is 1. The summed E-state index contributed by atoms with van der Waals surface area (Å²) in [5.74, 6) is -0.584. The predicted molar refractivity (Wildman–Crippen MR) is 85.2 cm³/mol. The summed E-state index contributed by atoms with van der Waals surface area (Å²) in [4.78, 5) is 12.1. The van der Waals surface area contributed by atoms with Gasteiger partial charge in [-0.15, -0.1) is 5.10 Å². The quantitative estimate of drug-likeness (QED) is 0.781. The van der Waals surface area contributed by atoms with Gasteiger partial charge in [0, 0.05) is 12.6 Å². The lowest BCUT2D eigenvalue weighted by atomic mass is 9.86. The topological polar surface area (TPSA) is 107 Å². The lowest BCUT2D eigenvalue weighted by Crippen LogP contribution is -2.43. The Bertz CT molecular complexity index is 628. The van der Waals surface area contributed by atoms with E-state index in [1.165, 1.54) is 11.1 Å². The van der Waals surface area contributed by atoms with Crippen LogP contribution in [0, 0.1) is 5.92 Å². The van der Waals surface area contributed by atoms with Crippen molar-refractivity contribution in [1.29, 1.82) is 0 Å². The van der Waals surface area contributed by atoms with Gasteiger partial charge in [-0.25, -0.2) is 13.1 Å². The van der Waals surface area contributed by atoms with Gasteiger partial charge in [-0.05, 0) is 35.6 Å². The molecule has 2 rings (SSSR count). The van der Waals surface area contributed by atoms with E-state index in [-0.39, 0.29) is 17.6 Å². The van der Waals surface area contributed by atoms with E-state index < -0.39 is 21.5 Å². The standard InChI is InChI=1S/C14H25N5O3S/c1-3-8-19-13(16-17-18-19)9-23(21,22)10-14(20)15-12-7-5-4-6-11(12)2/h11-12H,3-10H2,1-2H3,(H,15,20)/t11-,12+/m0/s1. The predicted octanol–water partition coefficient (Wildman–Crippen LogP) is 0.693. The van der Waals surface area contributed by atoms with Gasteiger partial charge >= 0.3 is 0 Å². The third-order valence-corrected chi connectivity index (χ3v) is 5.60. The van der Waals surface area contributed by atoms with E-state index in [1.807, 2.05) is 6.92 Å². The number of carbonyl (C=O) groups is 1. The molecular weight excluding hydrogens is 318 g/mol. The monoisotopic (exact) mass is 343 g/mol. The molecule has 0 bridgehead atoms. The van der Waals surface area contributed by atoms with E-state index in [2.05, 4.69) is 27.8 Å². The smallest absolute Gasteiger partial charge is 0.235 e. The second kappa shape index (κ2) is 7.85. The number of nitrogens with zero attached hydrogens (tertiary/aromatic N) is 4. The van der Waals surface area contributed by atoms with Crippen LogP contribution in [-0.2, 0) is 26.9 Å². The maximum absolute atomic E-state index is 12.2. The first-order chi connectivity index (χ1) is 10.9. The van der Waals surface area contributed by atoms with E-state index in [0.717, 1.165) is 25.7 Å². The van der Waals surface area contributed by atoms with Crippen LogP contribution >= 0.6 is 0 Å². The number of sulfone groups is 1.